The number of rotatable bonds is 8. The predicted octanol–water partition coefficient (Wildman–Crippen LogP) is 7.12. The first-order valence-electron chi connectivity index (χ1n) is 15.8. The summed E-state index contributed by atoms with van der Waals surface area (Å²) in [5.74, 6) is 1.73. The third-order valence-electron chi connectivity index (χ3n) is 8.03. The van der Waals surface area contributed by atoms with Gasteiger partial charge in [0.1, 0.15) is 11.4 Å². The first kappa shape index (κ1) is 31.0. The molecule has 0 bridgehead atoms. The van der Waals surface area contributed by atoms with Gasteiger partial charge in [-0.1, -0.05) is 30.3 Å². The van der Waals surface area contributed by atoms with Gasteiger partial charge in [-0.2, -0.15) is 5.10 Å². The van der Waals surface area contributed by atoms with E-state index in [1.165, 1.54) is 5.56 Å². The number of amides is 1. The van der Waals surface area contributed by atoms with Crippen LogP contribution in [0.25, 0.3) is 22.0 Å². The van der Waals surface area contributed by atoms with Gasteiger partial charge < -0.3 is 19.7 Å². The Hall–Kier alpha value is -4.99. The minimum atomic E-state index is -0.536. The highest BCUT2D eigenvalue weighted by Crippen LogP contribution is 2.37. The maximum atomic E-state index is 12.7. The van der Waals surface area contributed by atoms with Crippen LogP contribution in [0.2, 0.25) is 0 Å². The van der Waals surface area contributed by atoms with Gasteiger partial charge in [0.25, 0.3) is 0 Å². The number of piperidine rings is 1. The number of carbonyl (C=O) groups excluding carboxylic acids is 1. The molecule has 6 rings (SSSR count). The largest absolute Gasteiger partial charge is 0.444 e. The van der Waals surface area contributed by atoms with Crippen molar-refractivity contribution in [2.24, 2.45) is 7.05 Å². The molecule has 1 saturated heterocycles. The lowest BCUT2D eigenvalue weighted by Crippen LogP contribution is -2.47. The van der Waals surface area contributed by atoms with Gasteiger partial charge in [-0.25, -0.2) is 19.7 Å². The van der Waals surface area contributed by atoms with Crippen LogP contribution < -0.4 is 10.1 Å². The molecule has 0 spiro atoms. The summed E-state index contributed by atoms with van der Waals surface area (Å²) in [6, 6.07) is 18.4. The summed E-state index contributed by atoms with van der Waals surface area (Å²) in [5, 5.41) is 10.2. The minimum absolute atomic E-state index is 0.00587. The summed E-state index contributed by atoms with van der Waals surface area (Å²) in [4.78, 5) is 28.4. The van der Waals surface area contributed by atoms with E-state index in [9.17, 15) is 4.79 Å². The van der Waals surface area contributed by atoms with Gasteiger partial charge in [-0.3, -0.25) is 4.68 Å². The topological polar surface area (TPSA) is 107 Å². The molecule has 0 radical (unpaired) electrons. The second-order valence-electron chi connectivity index (χ2n) is 12.8. The van der Waals surface area contributed by atoms with Gasteiger partial charge in [0.05, 0.1) is 17.0 Å². The summed E-state index contributed by atoms with van der Waals surface area (Å²) in [6.45, 7) is 8.88. The molecule has 4 heterocycles. The molecule has 0 unspecified atom stereocenters. The number of aromatic nitrogens is 5. The number of ether oxygens (including phenoxy) is 2. The molecule has 10 heteroatoms. The predicted molar refractivity (Wildman–Crippen MR) is 179 cm³/mol. The molecule has 10 nitrogen and oxygen atoms in total. The standard InChI is InChI=1S/C36H41N7O3/c1-24-13-16-28-25(14-15-26-18-22-42(5)41-26)9-6-11-29(28)32(24)45-33-30(12-7-19-37-33)31-17-20-38-34(40-31)39-27-10-8-21-43(23-27)35(44)46-36(2,3)4/h6-7,9,11-13,16-20,22,27H,8,10,14-15,21,23H2,1-5H3,(H,38,39,40)/t27-/m0/s1. The van der Waals surface area contributed by atoms with Crippen molar-refractivity contribution < 1.29 is 14.3 Å². The van der Waals surface area contributed by atoms with Gasteiger partial charge in [-0.05, 0) is 94.2 Å². The summed E-state index contributed by atoms with van der Waals surface area (Å²) in [5.41, 5.74) is 4.25. The number of likely N-dealkylation sites (tertiary alicyclic amines) is 1. The van der Waals surface area contributed by atoms with Crippen LogP contribution in [0.1, 0.15) is 50.4 Å². The van der Waals surface area contributed by atoms with Crippen LogP contribution >= 0.6 is 0 Å². The number of hydrogen-bond donors (Lipinski definition) is 1. The third-order valence-corrected chi connectivity index (χ3v) is 8.03. The van der Waals surface area contributed by atoms with Crippen LogP contribution in [-0.4, -0.2) is 60.5 Å². The molecule has 2 aromatic carbocycles. The number of nitrogens with zero attached hydrogens (tertiary/aromatic N) is 6. The normalized spacial score (nSPS) is 15.2. The van der Waals surface area contributed by atoms with E-state index in [0.717, 1.165) is 59.0 Å². The molecule has 1 fully saturated rings. The van der Waals surface area contributed by atoms with Gasteiger partial charge in [-0.15, -0.1) is 0 Å². The number of anilines is 1. The average Bonchev–Trinajstić information content (AvgIpc) is 3.46. The maximum Gasteiger partial charge on any atom is 0.410 e. The van der Waals surface area contributed by atoms with Crippen LogP contribution in [0, 0.1) is 6.92 Å². The van der Waals surface area contributed by atoms with E-state index in [2.05, 4.69) is 63.7 Å². The third kappa shape index (κ3) is 7.28. The highest BCUT2D eigenvalue weighted by molar-refractivity contribution is 5.92. The second-order valence-corrected chi connectivity index (χ2v) is 12.8. The van der Waals surface area contributed by atoms with E-state index in [1.54, 1.807) is 17.3 Å². The van der Waals surface area contributed by atoms with Crippen molar-refractivity contribution in [1.82, 2.24) is 29.6 Å². The summed E-state index contributed by atoms with van der Waals surface area (Å²) < 4.78 is 14.1. The molecule has 0 saturated carbocycles. The molecular weight excluding hydrogens is 578 g/mol. The number of nitrogens with one attached hydrogen (secondary N) is 1. The lowest BCUT2D eigenvalue weighted by Gasteiger charge is -2.34. The summed E-state index contributed by atoms with van der Waals surface area (Å²) in [7, 11) is 1.94. The average molecular weight is 620 g/mol. The molecule has 3 aromatic heterocycles. The summed E-state index contributed by atoms with van der Waals surface area (Å²) in [6.07, 6.45) is 8.64. The monoisotopic (exact) mass is 619 g/mol. The van der Waals surface area contributed by atoms with E-state index < -0.39 is 5.60 Å². The van der Waals surface area contributed by atoms with Crippen LogP contribution in [0.5, 0.6) is 11.6 Å². The zero-order valence-corrected chi connectivity index (χ0v) is 27.2. The van der Waals surface area contributed by atoms with Crippen LogP contribution in [-0.2, 0) is 24.6 Å². The van der Waals surface area contributed by atoms with Gasteiger partial charge in [0.15, 0.2) is 0 Å². The van der Waals surface area contributed by atoms with E-state index in [-0.39, 0.29) is 12.1 Å². The molecule has 1 aliphatic rings. The number of benzene rings is 2. The maximum absolute atomic E-state index is 12.7. The first-order chi connectivity index (χ1) is 22.1. The van der Waals surface area contributed by atoms with Crippen molar-refractivity contribution in [3.63, 3.8) is 0 Å². The molecule has 1 aliphatic heterocycles. The SMILES string of the molecule is Cc1ccc2c(CCc3ccn(C)n3)cccc2c1Oc1ncccc1-c1ccnc(N[C@H]2CCCN(C(=O)OC(C)(C)C)C2)n1. The van der Waals surface area contributed by atoms with Gasteiger partial charge in [0, 0.05) is 50.2 Å². The molecule has 5 aromatic rings. The van der Waals surface area contributed by atoms with Crippen LogP contribution in [0.3, 0.4) is 0 Å². The zero-order chi connectivity index (χ0) is 32.3. The van der Waals surface area contributed by atoms with Crippen LogP contribution in [0.15, 0.2) is 73.2 Å². The molecule has 1 atom stereocenters. The second kappa shape index (κ2) is 13.2. The number of hydrogen-bond acceptors (Lipinski definition) is 8. The van der Waals surface area contributed by atoms with Gasteiger partial charge in [0.2, 0.25) is 11.8 Å². The Kier molecular flexibility index (Phi) is 8.87. The molecule has 1 N–H and O–H groups in total. The van der Waals surface area contributed by atoms with Crippen molar-refractivity contribution in [2.75, 3.05) is 18.4 Å². The fourth-order valence-electron chi connectivity index (χ4n) is 5.83. The Morgan fingerprint density at radius 2 is 1.87 bits per heavy atom. The Morgan fingerprint density at radius 1 is 1.00 bits per heavy atom. The number of pyridine rings is 1. The molecule has 46 heavy (non-hydrogen) atoms. The smallest absolute Gasteiger partial charge is 0.410 e. The Bertz CT molecular complexity index is 1850. The fourth-order valence-corrected chi connectivity index (χ4v) is 5.83. The summed E-state index contributed by atoms with van der Waals surface area (Å²) >= 11 is 0. The molecule has 0 aliphatic carbocycles. The molecular formula is C36H41N7O3. The Balaban J connectivity index is 1.22. The van der Waals surface area contributed by atoms with E-state index in [1.807, 2.05) is 56.9 Å². The Morgan fingerprint density at radius 3 is 2.67 bits per heavy atom. The highest BCUT2D eigenvalue weighted by Gasteiger charge is 2.28. The first-order valence-corrected chi connectivity index (χ1v) is 15.8. The van der Waals surface area contributed by atoms with Crippen molar-refractivity contribution in [2.45, 2.75) is 65.0 Å². The molecule has 238 valence electrons. The van der Waals surface area contributed by atoms with E-state index in [4.69, 9.17) is 14.5 Å². The van der Waals surface area contributed by atoms with Crippen molar-refractivity contribution in [3.8, 4) is 22.9 Å². The van der Waals surface area contributed by atoms with Crippen molar-refractivity contribution in [3.05, 3.63) is 90.0 Å². The Labute approximate surface area is 269 Å². The number of fused-ring (bicyclic) bond motifs is 1. The van der Waals surface area contributed by atoms with Crippen molar-refractivity contribution >= 4 is 22.8 Å². The van der Waals surface area contributed by atoms with Gasteiger partial charge >= 0.3 is 6.09 Å². The number of carbonyl (C=O) groups is 1. The van der Waals surface area contributed by atoms with Crippen LogP contribution in [0.4, 0.5) is 10.7 Å². The number of aryl methyl sites for hydroxylation is 4. The lowest BCUT2D eigenvalue weighted by atomic mass is 9.98. The lowest BCUT2D eigenvalue weighted by molar-refractivity contribution is 0.0206. The van der Waals surface area contributed by atoms with E-state index in [0.29, 0.717) is 30.6 Å². The fraction of sp³-hybridized carbons (Fsp3) is 0.361. The molecule has 1 amide bonds. The zero-order valence-electron chi connectivity index (χ0n) is 27.2. The highest BCUT2D eigenvalue weighted by atomic mass is 16.6. The quantitative estimate of drug-likeness (QED) is 0.196. The minimum Gasteiger partial charge on any atom is -0.444 e. The van der Waals surface area contributed by atoms with Crippen molar-refractivity contribution in [1.29, 1.82) is 0 Å². The van der Waals surface area contributed by atoms with E-state index >= 15 is 0 Å².